The molecule has 1 aliphatic rings. The summed E-state index contributed by atoms with van der Waals surface area (Å²) in [6.07, 6.45) is 6.65. The number of hydrogen-bond donors (Lipinski definition) is 4. The number of amides is 2. The molecular weight excluding hydrogens is 561 g/mol. The molecule has 2 aromatic heterocycles. The van der Waals surface area contributed by atoms with E-state index < -0.39 is 11.9 Å². The quantitative estimate of drug-likeness (QED) is 0.162. The first-order chi connectivity index (χ1) is 21.2. The minimum atomic E-state index is -0.793. The lowest BCUT2D eigenvalue weighted by molar-refractivity contribution is -0.118. The number of unbranched alkanes of at least 4 members (excludes halogenated alkanes) is 1. The van der Waals surface area contributed by atoms with Crippen LogP contribution < -0.4 is 16.0 Å². The van der Waals surface area contributed by atoms with Gasteiger partial charge in [-0.15, -0.1) is 0 Å². The first kappa shape index (κ1) is 31.1. The van der Waals surface area contributed by atoms with Gasteiger partial charge in [-0.3, -0.25) is 9.59 Å². The lowest BCUT2D eigenvalue weighted by Crippen LogP contribution is -2.47. The molecule has 4 aromatic rings. The number of aliphatic hydroxyl groups is 1. The van der Waals surface area contributed by atoms with Gasteiger partial charge in [0, 0.05) is 29.6 Å². The summed E-state index contributed by atoms with van der Waals surface area (Å²) in [5, 5.41) is 24.7. The van der Waals surface area contributed by atoms with Crippen LogP contribution in [0.3, 0.4) is 0 Å². The summed E-state index contributed by atoms with van der Waals surface area (Å²) in [4.78, 5) is 35.5. The van der Waals surface area contributed by atoms with E-state index in [-0.39, 0.29) is 29.9 Å². The monoisotopic (exact) mass is 601 g/mol. The van der Waals surface area contributed by atoms with Crippen molar-refractivity contribution in [3.63, 3.8) is 0 Å². The Balaban J connectivity index is 1.36. The second-order valence-electron chi connectivity index (χ2n) is 11.7. The minimum absolute atomic E-state index is 0.118. The molecule has 0 bridgehead atoms. The molecule has 5 rings (SSSR count). The first-order valence-electron chi connectivity index (χ1n) is 15.4. The van der Waals surface area contributed by atoms with E-state index in [9.17, 15) is 19.1 Å². The number of nitrogens with zero attached hydrogens (tertiary/aromatic N) is 4. The van der Waals surface area contributed by atoms with E-state index in [1.54, 1.807) is 18.3 Å². The zero-order valence-electron chi connectivity index (χ0n) is 25.4. The molecule has 4 N–H and O–H groups in total. The Morgan fingerprint density at radius 1 is 1.05 bits per heavy atom. The van der Waals surface area contributed by atoms with Crippen molar-refractivity contribution in [3.8, 4) is 11.3 Å². The Bertz CT molecular complexity index is 1580. The number of rotatable bonds is 11. The Kier molecular flexibility index (Phi) is 9.84. The predicted octanol–water partition coefficient (Wildman–Crippen LogP) is 5.71. The first-order valence-corrected chi connectivity index (χ1v) is 15.4. The smallest absolute Gasteiger partial charge is 0.251 e. The summed E-state index contributed by atoms with van der Waals surface area (Å²) in [6.45, 7) is 6.61. The Morgan fingerprint density at radius 2 is 1.75 bits per heavy atom. The standard InChI is InChI=1S/C33H40FN7O3/c1-4-5-18-35-33-36-19-27-29(40-41(30(27)39-33)25-14-16-26(42)17-15-25)21-6-8-22(9-7-21)31(43)38-28(20(2)3)32(44)37-24-12-10-23(34)11-13-24/h6-13,19-20,25-26,28,42H,4-5,14-18H2,1-3H3,(H,37,44)(H,38,43)(H,35,36,39)/t25-,26-,28-/m0/s1. The highest BCUT2D eigenvalue weighted by atomic mass is 19.1. The molecule has 0 radical (unpaired) electrons. The van der Waals surface area contributed by atoms with Gasteiger partial charge in [-0.1, -0.05) is 39.3 Å². The zero-order valence-corrected chi connectivity index (χ0v) is 25.4. The summed E-state index contributed by atoms with van der Waals surface area (Å²) in [6, 6.07) is 11.9. The van der Waals surface area contributed by atoms with Crippen molar-refractivity contribution in [2.24, 2.45) is 5.92 Å². The van der Waals surface area contributed by atoms with Crippen LogP contribution >= 0.6 is 0 Å². The molecule has 0 aliphatic heterocycles. The summed E-state index contributed by atoms with van der Waals surface area (Å²) < 4.78 is 15.2. The van der Waals surface area contributed by atoms with Crippen molar-refractivity contribution >= 4 is 34.5 Å². The van der Waals surface area contributed by atoms with Crippen LogP contribution in [0.4, 0.5) is 16.0 Å². The van der Waals surface area contributed by atoms with Gasteiger partial charge in [-0.2, -0.15) is 10.1 Å². The van der Waals surface area contributed by atoms with Crippen LogP contribution in [-0.2, 0) is 4.79 Å². The molecule has 0 unspecified atom stereocenters. The summed E-state index contributed by atoms with van der Waals surface area (Å²) in [5.41, 5.74) is 3.12. The number of hydrogen-bond acceptors (Lipinski definition) is 7. The van der Waals surface area contributed by atoms with Crippen LogP contribution in [0.5, 0.6) is 0 Å². The molecule has 11 heteroatoms. The van der Waals surface area contributed by atoms with Gasteiger partial charge in [0.15, 0.2) is 5.65 Å². The van der Waals surface area contributed by atoms with Crippen molar-refractivity contribution in [1.29, 1.82) is 0 Å². The maximum Gasteiger partial charge on any atom is 0.251 e. The highest BCUT2D eigenvalue weighted by Crippen LogP contribution is 2.34. The molecular formula is C33H40FN7O3. The lowest BCUT2D eigenvalue weighted by Gasteiger charge is -2.25. The summed E-state index contributed by atoms with van der Waals surface area (Å²) >= 11 is 0. The van der Waals surface area contributed by atoms with E-state index >= 15 is 0 Å². The number of benzene rings is 2. The van der Waals surface area contributed by atoms with Gasteiger partial charge in [0.25, 0.3) is 5.91 Å². The molecule has 0 spiro atoms. The van der Waals surface area contributed by atoms with Gasteiger partial charge in [-0.05, 0) is 74.4 Å². The van der Waals surface area contributed by atoms with E-state index in [2.05, 4.69) is 27.9 Å². The van der Waals surface area contributed by atoms with Gasteiger partial charge < -0.3 is 21.1 Å². The Hall–Kier alpha value is -4.38. The topological polar surface area (TPSA) is 134 Å². The molecule has 1 fully saturated rings. The van der Waals surface area contributed by atoms with Crippen LogP contribution in [0.1, 0.15) is 75.7 Å². The van der Waals surface area contributed by atoms with Gasteiger partial charge in [-0.25, -0.2) is 14.1 Å². The number of fused-ring (bicyclic) bond motifs is 1. The number of anilines is 2. The molecule has 1 aliphatic carbocycles. The van der Waals surface area contributed by atoms with E-state index in [1.807, 2.05) is 30.7 Å². The number of carbonyl (C=O) groups is 2. The van der Waals surface area contributed by atoms with E-state index in [0.717, 1.165) is 67.4 Å². The zero-order chi connectivity index (χ0) is 31.2. The normalized spacial score (nSPS) is 17.4. The van der Waals surface area contributed by atoms with Gasteiger partial charge in [0.1, 0.15) is 17.6 Å². The maximum absolute atomic E-state index is 13.3. The second kappa shape index (κ2) is 13.9. The molecule has 0 saturated heterocycles. The third kappa shape index (κ3) is 7.21. The Labute approximate surface area is 256 Å². The molecule has 2 aromatic carbocycles. The minimum Gasteiger partial charge on any atom is -0.393 e. The molecule has 44 heavy (non-hydrogen) atoms. The summed E-state index contributed by atoms with van der Waals surface area (Å²) in [5.74, 6) is -0.787. The SMILES string of the molecule is CCCCNc1ncc2c(-c3ccc(C(=O)N[C@H](C(=O)Nc4ccc(F)cc4)C(C)C)cc3)nn([C@H]3CC[C@H](O)CC3)c2n1. The number of halogens is 1. The van der Waals surface area contributed by atoms with Crippen LogP contribution in [0, 0.1) is 11.7 Å². The van der Waals surface area contributed by atoms with Crippen LogP contribution in [0.15, 0.2) is 54.7 Å². The maximum atomic E-state index is 13.3. The molecule has 2 heterocycles. The van der Waals surface area contributed by atoms with Crippen LogP contribution in [0.25, 0.3) is 22.3 Å². The fourth-order valence-corrected chi connectivity index (χ4v) is 5.45. The highest BCUT2D eigenvalue weighted by molar-refractivity contribution is 6.01. The average molecular weight is 602 g/mol. The van der Waals surface area contributed by atoms with E-state index in [4.69, 9.17) is 10.1 Å². The van der Waals surface area contributed by atoms with Crippen LogP contribution in [0.2, 0.25) is 0 Å². The third-order valence-corrected chi connectivity index (χ3v) is 8.04. The average Bonchev–Trinajstić information content (AvgIpc) is 3.40. The summed E-state index contributed by atoms with van der Waals surface area (Å²) in [7, 11) is 0. The van der Waals surface area contributed by atoms with Crippen molar-refractivity contribution in [3.05, 3.63) is 66.1 Å². The highest BCUT2D eigenvalue weighted by Gasteiger charge is 2.27. The van der Waals surface area contributed by atoms with Gasteiger partial charge >= 0.3 is 0 Å². The van der Waals surface area contributed by atoms with Crippen molar-refractivity contribution < 1.29 is 19.1 Å². The van der Waals surface area contributed by atoms with E-state index in [0.29, 0.717) is 17.2 Å². The van der Waals surface area contributed by atoms with Crippen molar-refractivity contribution in [2.75, 3.05) is 17.2 Å². The van der Waals surface area contributed by atoms with E-state index in [1.165, 1.54) is 24.3 Å². The molecule has 2 amide bonds. The van der Waals surface area contributed by atoms with Crippen molar-refractivity contribution in [1.82, 2.24) is 25.1 Å². The number of aliphatic hydroxyl groups excluding tert-OH is 1. The third-order valence-electron chi connectivity index (χ3n) is 8.04. The second-order valence-corrected chi connectivity index (χ2v) is 11.7. The van der Waals surface area contributed by atoms with Gasteiger partial charge in [0.05, 0.1) is 17.5 Å². The van der Waals surface area contributed by atoms with Crippen LogP contribution in [-0.4, -0.2) is 55.4 Å². The fourth-order valence-electron chi connectivity index (χ4n) is 5.45. The Morgan fingerprint density at radius 3 is 2.41 bits per heavy atom. The molecule has 232 valence electrons. The number of carbonyl (C=O) groups excluding carboxylic acids is 2. The number of aromatic nitrogens is 4. The molecule has 1 atom stereocenters. The molecule has 1 saturated carbocycles. The van der Waals surface area contributed by atoms with Gasteiger partial charge in [0.2, 0.25) is 11.9 Å². The number of nitrogens with one attached hydrogen (secondary N) is 3. The lowest BCUT2D eigenvalue weighted by atomic mass is 9.93. The molecule has 10 nitrogen and oxygen atoms in total. The fraction of sp³-hybridized carbons (Fsp3) is 0.424. The predicted molar refractivity (Wildman–Crippen MR) is 169 cm³/mol. The largest absolute Gasteiger partial charge is 0.393 e. The van der Waals surface area contributed by atoms with Crippen molar-refractivity contribution in [2.45, 2.75) is 77.5 Å².